The number of ether oxygens (including phenoxy) is 2. The van der Waals surface area contributed by atoms with Crippen molar-refractivity contribution in [3.8, 4) is 0 Å². The number of esters is 1. The van der Waals surface area contributed by atoms with E-state index in [1.165, 1.54) is 13.2 Å². The number of nitrogens with one attached hydrogen (secondary N) is 1. The molecule has 2 unspecified atom stereocenters. The fourth-order valence-corrected chi connectivity index (χ4v) is 2.80. The van der Waals surface area contributed by atoms with Gasteiger partial charge < -0.3 is 39.3 Å². The molecule has 1 aliphatic heterocycles. The van der Waals surface area contributed by atoms with Crippen molar-refractivity contribution in [3.05, 3.63) is 22.7 Å². The Kier molecular flexibility index (Phi) is 7.60. The summed E-state index contributed by atoms with van der Waals surface area (Å²) in [6.45, 7) is -0.789. The van der Waals surface area contributed by atoms with Gasteiger partial charge in [-0.3, -0.25) is 18.7 Å². The molecule has 2 rings (SSSR count). The molecule has 1 aliphatic rings. The molecule has 0 aliphatic carbocycles. The molecule has 5 atom stereocenters. The molecule has 2 heterocycles. The van der Waals surface area contributed by atoms with E-state index < -0.39 is 56.5 Å². The molecule has 29 heavy (non-hydrogen) atoms. The molecule has 0 saturated carbocycles. The Morgan fingerprint density at radius 3 is 2.66 bits per heavy atom. The van der Waals surface area contributed by atoms with Crippen LogP contribution in [0.1, 0.15) is 19.1 Å². The van der Waals surface area contributed by atoms with Gasteiger partial charge in [-0.05, 0) is 6.07 Å². The van der Waals surface area contributed by atoms with Crippen LogP contribution in [0, 0.1) is 0 Å². The smallest absolute Gasteiger partial charge is 0.351 e. The zero-order valence-electron chi connectivity index (χ0n) is 15.0. The lowest BCUT2D eigenvalue weighted by molar-refractivity contribution is -0.223. The van der Waals surface area contributed by atoms with Gasteiger partial charge in [0, 0.05) is 12.6 Å². The number of nitrogens with zero attached hydrogens (tertiary/aromatic N) is 2. The number of hydrogen-bond acceptors (Lipinski definition) is 11. The van der Waals surface area contributed by atoms with Crippen LogP contribution in [0.3, 0.4) is 0 Å². The standard InChI is InChI=1S/C14H20N3O11P/c1-26-10(19)3-2-9(18)15-8-4-5-17(14(22)16-8)13-12(21)11(20)7(28-13)6-27-29(23,24)25/h4-5,7,11-13,20-21H,2-3,6H2,1H3,(H2,23,24,25)(H,15,16,18,22)/p-1/t7-,11+,12?,13-/m1/s1. The number of carbonyl (C=O) groups excluding carboxylic acids is 2. The topological polar surface area (TPSA) is 210 Å². The van der Waals surface area contributed by atoms with Crippen LogP contribution in [0.15, 0.2) is 17.1 Å². The summed E-state index contributed by atoms with van der Waals surface area (Å²) in [5.41, 5.74) is -0.953. The average molecular weight is 436 g/mol. The van der Waals surface area contributed by atoms with Gasteiger partial charge in [0.05, 0.1) is 20.1 Å². The second kappa shape index (κ2) is 9.54. The summed E-state index contributed by atoms with van der Waals surface area (Å²) in [6, 6.07) is 1.21. The van der Waals surface area contributed by atoms with Crippen molar-refractivity contribution in [3.63, 3.8) is 0 Å². The molecule has 1 amide bonds. The lowest BCUT2D eigenvalue weighted by atomic mass is 10.1. The van der Waals surface area contributed by atoms with E-state index in [0.29, 0.717) is 0 Å². The van der Waals surface area contributed by atoms with Crippen molar-refractivity contribution < 1.29 is 48.2 Å². The van der Waals surface area contributed by atoms with Crippen LogP contribution < -0.4 is 15.9 Å². The Morgan fingerprint density at radius 2 is 2.07 bits per heavy atom. The molecule has 15 heteroatoms. The lowest BCUT2D eigenvalue weighted by Crippen LogP contribution is -2.36. The highest BCUT2D eigenvalue weighted by atomic mass is 31.2. The van der Waals surface area contributed by atoms with Crippen molar-refractivity contribution in [2.24, 2.45) is 0 Å². The molecule has 1 fully saturated rings. The third-order valence-corrected chi connectivity index (χ3v) is 4.37. The van der Waals surface area contributed by atoms with Crippen LogP contribution in [-0.2, 0) is 28.2 Å². The Labute approximate surface area is 163 Å². The molecule has 0 radical (unpaired) electrons. The molecule has 0 spiro atoms. The SMILES string of the molecule is COC(=O)CCC(=O)Nc1ccn([C@@H]2O[C@H](COP(=O)([O-])O)[C@H](O)C2O)c(=O)n1. The highest BCUT2D eigenvalue weighted by molar-refractivity contribution is 7.44. The monoisotopic (exact) mass is 436 g/mol. The molecule has 1 aromatic heterocycles. The number of hydrogen-bond donors (Lipinski definition) is 4. The predicted octanol–water partition coefficient (Wildman–Crippen LogP) is -2.77. The van der Waals surface area contributed by atoms with Crippen molar-refractivity contribution in [2.45, 2.75) is 37.4 Å². The fraction of sp³-hybridized carbons (Fsp3) is 0.571. The molecule has 4 N–H and O–H groups in total. The first-order valence-corrected chi connectivity index (χ1v) is 9.67. The van der Waals surface area contributed by atoms with Gasteiger partial charge in [0.1, 0.15) is 24.1 Å². The number of phosphoric ester groups is 1. The van der Waals surface area contributed by atoms with Gasteiger partial charge in [0.15, 0.2) is 6.23 Å². The van der Waals surface area contributed by atoms with E-state index in [2.05, 4.69) is 19.6 Å². The van der Waals surface area contributed by atoms with Crippen LogP contribution in [0.5, 0.6) is 0 Å². The summed E-state index contributed by atoms with van der Waals surface area (Å²) in [5.74, 6) is -1.29. The molecule has 14 nitrogen and oxygen atoms in total. The number of aliphatic hydroxyl groups is 2. The van der Waals surface area contributed by atoms with Crippen molar-refractivity contribution in [1.29, 1.82) is 0 Å². The number of rotatable bonds is 8. The lowest BCUT2D eigenvalue weighted by Gasteiger charge is -2.20. The molecule has 0 bridgehead atoms. The van der Waals surface area contributed by atoms with Gasteiger partial charge in [-0.1, -0.05) is 0 Å². The zero-order valence-corrected chi connectivity index (χ0v) is 15.9. The minimum atomic E-state index is -5.07. The number of aromatic nitrogens is 2. The Morgan fingerprint density at radius 1 is 1.38 bits per heavy atom. The highest BCUT2D eigenvalue weighted by Crippen LogP contribution is 2.34. The maximum absolute atomic E-state index is 12.2. The molecule has 162 valence electrons. The van der Waals surface area contributed by atoms with Gasteiger partial charge in [-0.25, -0.2) is 4.79 Å². The predicted molar refractivity (Wildman–Crippen MR) is 90.1 cm³/mol. The molecule has 0 aromatic carbocycles. The zero-order chi connectivity index (χ0) is 21.8. The highest BCUT2D eigenvalue weighted by Gasteiger charge is 2.44. The van der Waals surface area contributed by atoms with Gasteiger partial charge in [0.2, 0.25) is 5.91 Å². The number of amides is 1. The maximum atomic E-state index is 12.2. The van der Waals surface area contributed by atoms with E-state index in [4.69, 9.17) is 9.63 Å². The molecule has 1 saturated heterocycles. The third-order valence-electron chi connectivity index (χ3n) is 3.89. The first kappa shape index (κ1) is 23.1. The Hall–Kier alpha value is -2.19. The van der Waals surface area contributed by atoms with Gasteiger partial charge in [-0.2, -0.15) is 4.98 Å². The minimum absolute atomic E-state index is 0.124. The van der Waals surface area contributed by atoms with Gasteiger partial charge in [-0.15, -0.1) is 0 Å². The first-order chi connectivity index (χ1) is 13.5. The average Bonchev–Trinajstić information content (AvgIpc) is 2.92. The summed E-state index contributed by atoms with van der Waals surface area (Å²) in [4.78, 5) is 57.8. The van der Waals surface area contributed by atoms with Gasteiger partial charge in [0.25, 0.3) is 7.82 Å². The molecular weight excluding hydrogens is 417 g/mol. The van der Waals surface area contributed by atoms with E-state index >= 15 is 0 Å². The summed E-state index contributed by atoms with van der Waals surface area (Å²) < 4.78 is 25.2. The quantitative estimate of drug-likeness (QED) is 0.241. The Balaban J connectivity index is 2.04. The maximum Gasteiger partial charge on any atom is 0.351 e. The van der Waals surface area contributed by atoms with E-state index in [1.54, 1.807) is 0 Å². The second-order valence-electron chi connectivity index (χ2n) is 5.94. The second-order valence-corrected chi connectivity index (χ2v) is 7.13. The van der Waals surface area contributed by atoms with Gasteiger partial charge >= 0.3 is 11.7 Å². The summed E-state index contributed by atoms with van der Waals surface area (Å²) in [6.07, 6.45) is -5.25. The number of methoxy groups -OCH3 is 1. The Bertz CT molecular complexity index is 853. The van der Waals surface area contributed by atoms with Crippen LogP contribution in [0.4, 0.5) is 5.82 Å². The van der Waals surface area contributed by atoms with Crippen LogP contribution in [0.2, 0.25) is 0 Å². The normalized spacial score (nSPS) is 26.0. The number of phosphoric acid groups is 1. The van der Waals surface area contributed by atoms with Crippen LogP contribution in [-0.4, -0.2) is 68.6 Å². The summed E-state index contributed by atoms with van der Waals surface area (Å²) in [5, 5.41) is 22.3. The summed E-state index contributed by atoms with van der Waals surface area (Å²) >= 11 is 0. The largest absolute Gasteiger partial charge is 0.756 e. The van der Waals surface area contributed by atoms with Crippen molar-refractivity contribution in [1.82, 2.24) is 9.55 Å². The molecular formula is C14H19N3O11P-. The molecule has 1 aromatic rings. The summed E-state index contributed by atoms with van der Waals surface area (Å²) in [7, 11) is -3.89. The van der Waals surface area contributed by atoms with E-state index in [-0.39, 0.29) is 18.7 Å². The van der Waals surface area contributed by atoms with Crippen molar-refractivity contribution >= 4 is 25.5 Å². The number of aliphatic hydroxyl groups excluding tert-OH is 2. The fourth-order valence-electron chi connectivity index (χ4n) is 2.46. The van der Waals surface area contributed by atoms with E-state index in [0.717, 1.165) is 10.8 Å². The first-order valence-electron chi connectivity index (χ1n) is 8.17. The minimum Gasteiger partial charge on any atom is -0.756 e. The van der Waals surface area contributed by atoms with Crippen molar-refractivity contribution in [2.75, 3.05) is 19.0 Å². The van der Waals surface area contributed by atoms with E-state index in [1.807, 2.05) is 0 Å². The number of carbonyl (C=O) groups is 2. The number of anilines is 1. The van der Waals surface area contributed by atoms with Crippen LogP contribution >= 0.6 is 7.82 Å². The van der Waals surface area contributed by atoms with E-state index in [9.17, 15) is 34.1 Å². The third kappa shape index (κ3) is 6.40. The van der Waals surface area contributed by atoms with Crippen LogP contribution in [0.25, 0.3) is 0 Å².